The van der Waals surface area contributed by atoms with Crippen LogP contribution in [0.4, 0.5) is 0 Å². The van der Waals surface area contributed by atoms with Gasteiger partial charge in [0, 0.05) is 13.0 Å². The molecule has 0 spiro atoms. The smallest absolute Gasteiger partial charge is 0.261 e. The van der Waals surface area contributed by atoms with Crippen molar-refractivity contribution in [3.05, 3.63) is 60.7 Å². The first-order chi connectivity index (χ1) is 14.6. The fourth-order valence-corrected chi connectivity index (χ4v) is 9.83. The first-order valence-corrected chi connectivity index (χ1v) is 13.7. The zero-order valence-electron chi connectivity index (χ0n) is 20.7. The van der Waals surface area contributed by atoms with Gasteiger partial charge in [0.05, 0.1) is 0 Å². The van der Waals surface area contributed by atoms with E-state index < -0.39 is 8.32 Å². The second kappa shape index (κ2) is 11.2. The number of carbonyl (C=O) groups is 1. The van der Waals surface area contributed by atoms with E-state index in [4.69, 9.17) is 4.43 Å². The van der Waals surface area contributed by atoms with Gasteiger partial charge in [-0.15, -0.1) is 0 Å². The van der Waals surface area contributed by atoms with Crippen LogP contribution in [0.2, 0.25) is 5.04 Å². The van der Waals surface area contributed by atoms with Crippen molar-refractivity contribution in [3.8, 4) is 0 Å². The van der Waals surface area contributed by atoms with Crippen molar-refractivity contribution in [2.75, 3.05) is 6.61 Å². The van der Waals surface area contributed by atoms with E-state index in [0.717, 1.165) is 19.4 Å². The lowest BCUT2D eigenvalue weighted by atomic mass is 9.88. The van der Waals surface area contributed by atoms with Gasteiger partial charge in [-0.2, -0.15) is 0 Å². The van der Waals surface area contributed by atoms with Crippen LogP contribution in [0.15, 0.2) is 60.7 Å². The number of benzene rings is 2. The van der Waals surface area contributed by atoms with Crippen molar-refractivity contribution < 1.29 is 9.22 Å². The Kier molecular flexibility index (Phi) is 9.26. The molecule has 2 nitrogen and oxygen atoms in total. The normalized spacial score (nSPS) is 15.3. The molecule has 0 amide bonds. The molecular weight excluding hydrogens is 396 g/mol. The summed E-state index contributed by atoms with van der Waals surface area (Å²) in [5, 5.41) is 2.69. The molecular formula is C28H42O2Si. The van der Waals surface area contributed by atoms with E-state index in [1.807, 2.05) is 0 Å². The number of rotatable bonds is 11. The lowest BCUT2D eigenvalue weighted by molar-refractivity contribution is -0.117. The van der Waals surface area contributed by atoms with Crippen LogP contribution >= 0.6 is 0 Å². The maximum atomic E-state index is 11.4. The summed E-state index contributed by atoms with van der Waals surface area (Å²) >= 11 is 0. The molecule has 0 bridgehead atoms. The lowest BCUT2D eigenvalue weighted by Gasteiger charge is -2.43. The highest BCUT2D eigenvalue weighted by Crippen LogP contribution is 2.37. The number of hydrogen-bond donors (Lipinski definition) is 0. The van der Waals surface area contributed by atoms with Gasteiger partial charge in [-0.1, -0.05) is 102 Å². The third-order valence-electron chi connectivity index (χ3n) is 6.25. The number of ketones is 1. The van der Waals surface area contributed by atoms with E-state index in [1.165, 1.54) is 10.4 Å². The first-order valence-electron chi connectivity index (χ1n) is 11.8. The summed E-state index contributed by atoms with van der Waals surface area (Å²) in [6.45, 7) is 16.3. The van der Waals surface area contributed by atoms with Crippen LogP contribution in [-0.4, -0.2) is 20.7 Å². The van der Waals surface area contributed by atoms with Crippen LogP contribution in [0.3, 0.4) is 0 Å². The van der Waals surface area contributed by atoms with Crippen molar-refractivity contribution in [1.82, 2.24) is 0 Å². The molecule has 0 N–H and O–H groups in total. The third kappa shape index (κ3) is 6.88. The second-order valence-electron chi connectivity index (χ2n) is 10.7. The van der Waals surface area contributed by atoms with Crippen molar-refractivity contribution in [2.24, 2.45) is 17.8 Å². The highest BCUT2D eigenvalue weighted by molar-refractivity contribution is 6.99. The maximum absolute atomic E-state index is 11.4. The zero-order valence-corrected chi connectivity index (χ0v) is 21.7. The maximum Gasteiger partial charge on any atom is 0.261 e. The Morgan fingerprint density at radius 3 is 1.68 bits per heavy atom. The fraction of sp³-hybridized carbons (Fsp3) is 0.536. The molecule has 2 aromatic carbocycles. The molecule has 31 heavy (non-hydrogen) atoms. The first kappa shape index (κ1) is 25.5. The van der Waals surface area contributed by atoms with Gasteiger partial charge in [0.15, 0.2) is 0 Å². The summed E-state index contributed by atoms with van der Waals surface area (Å²) in [6.07, 6.45) is 2.92. The predicted molar refractivity (Wildman–Crippen MR) is 136 cm³/mol. The van der Waals surface area contributed by atoms with Gasteiger partial charge in [0.2, 0.25) is 0 Å². The van der Waals surface area contributed by atoms with Crippen LogP contribution in [0, 0.1) is 17.8 Å². The molecule has 3 heteroatoms. The molecule has 3 atom stereocenters. The molecule has 0 aromatic heterocycles. The summed E-state index contributed by atoms with van der Waals surface area (Å²) in [4.78, 5) is 11.4. The predicted octanol–water partition coefficient (Wildman–Crippen LogP) is 6.23. The van der Waals surface area contributed by atoms with Crippen molar-refractivity contribution in [3.63, 3.8) is 0 Å². The molecule has 0 aliphatic rings. The summed E-state index contributed by atoms with van der Waals surface area (Å²) in [7, 11) is -2.46. The van der Waals surface area contributed by atoms with E-state index in [1.54, 1.807) is 6.92 Å². The minimum atomic E-state index is -2.46. The standard InChI is InChI=1S/C28H42O2Si/c1-22(18-23(2)20-25(4)29)19-24(3)21-30-31(28(5,6)7,26-14-10-8-11-15-26)27-16-12-9-13-17-27/h8-17,22-24H,18-21H2,1-7H3/t22-,23+,24-/m1/s1. The largest absolute Gasteiger partial charge is 0.407 e. The monoisotopic (exact) mass is 438 g/mol. The van der Waals surface area contributed by atoms with Gasteiger partial charge >= 0.3 is 0 Å². The third-order valence-corrected chi connectivity index (χ3v) is 11.3. The Morgan fingerprint density at radius 1 is 0.806 bits per heavy atom. The topological polar surface area (TPSA) is 26.3 Å². The van der Waals surface area contributed by atoms with Gasteiger partial charge in [0.1, 0.15) is 5.78 Å². The molecule has 0 unspecified atom stereocenters. The Hall–Kier alpha value is -1.71. The average Bonchev–Trinajstić information content (AvgIpc) is 2.68. The van der Waals surface area contributed by atoms with Crippen molar-refractivity contribution in [2.45, 2.75) is 72.8 Å². The van der Waals surface area contributed by atoms with Gasteiger partial charge in [0.25, 0.3) is 8.32 Å². The summed E-state index contributed by atoms with van der Waals surface area (Å²) in [5.41, 5.74) is 0. The quantitative estimate of drug-likeness (QED) is 0.389. The Labute approximate surface area is 191 Å². The van der Waals surface area contributed by atoms with Crippen LogP contribution in [-0.2, 0) is 9.22 Å². The van der Waals surface area contributed by atoms with E-state index in [0.29, 0.717) is 30.0 Å². The van der Waals surface area contributed by atoms with Crippen LogP contribution in [0.25, 0.3) is 0 Å². The molecule has 170 valence electrons. The molecule has 0 fully saturated rings. The van der Waals surface area contributed by atoms with Gasteiger partial charge in [-0.25, -0.2) is 0 Å². The van der Waals surface area contributed by atoms with Gasteiger partial charge < -0.3 is 9.22 Å². The SMILES string of the molecule is CC(=O)C[C@@H](C)C[C@@H](C)C[C@@H](C)CO[Si](c1ccccc1)(c1ccccc1)C(C)(C)C. The van der Waals surface area contributed by atoms with Crippen LogP contribution in [0.1, 0.15) is 67.7 Å². The van der Waals surface area contributed by atoms with E-state index in [-0.39, 0.29) is 5.04 Å². The minimum absolute atomic E-state index is 0.0110. The number of carbonyl (C=O) groups excluding carboxylic acids is 1. The molecule has 2 aromatic rings. The summed E-state index contributed by atoms with van der Waals surface area (Å²) in [6, 6.07) is 21.7. The number of Topliss-reactive ketones (excluding diaryl/α,β-unsaturated/α-hetero) is 1. The Balaban J connectivity index is 2.22. The zero-order chi connectivity index (χ0) is 23.1. The van der Waals surface area contributed by atoms with Crippen molar-refractivity contribution in [1.29, 1.82) is 0 Å². The molecule has 0 aliphatic carbocycles. The van der Waals surface area contributed by atoms with E-state index >= 15 is 0 Å². The van der Waals surface area contributed by atoms with Crippen LogP contribution < -0.4 is 10.4 Å². The highest BCUT2D eigenvalue weighted by Gasteiger charge is 2.50. The van der Waals surface area contributed by atoms with E-state index in [9.17, 15) is 4.79 Å². The molecule has 2 rings (SSSR count). The molecule has 0 saturated carbocycles. The minimum Gasteiger partial charge on any atom is -0.407 e. The van der Waals surface area contributed by atoms with Crippen molar-refractivity contribution >= 4 is 24.5 Å². The van der Waals surface area contributed by atoms with E-state index in [2.05, 4.69) is 102 Å². The molecule has 0 heterocycles. The average molecular weight is 439 g/mol. The van der Waals surface area contributed by atoms with Gasteiger partial charge in [-0.05, 0) is 52.9 Å². The summed E-state index contributed by atoms with van der Waals surface area (Å²) < 4.78 is 7.08. The molecule has 0 aliphatic heterocycles. The molecule has 0 radical (unpaired) electrons. The fourth-order valence-electron chi connectivity index (χ4n) is 5.14. The second-order valence-corrected chi connectivity index (χ2v) is 15.0. The molecule has 0 saturated heterocycles. The lowest BCUT2D eigenvalue weighted by Crippen LogP contribution is -2.66. The summed E-state index contributed by atoms with van der Waals surface area (Å²) in [5.74, 6) is 1.81. The Morgan fingerprint density at radius 2 is 1.26 bits per heavy atom. The number of hydrogen-bond acceptors (Lipinski definition) is 2. The van der Waals surface area contributed by atoms with Crippen LogP contribution in [0.5, 0.6) is 0 Å². The Bertz CT molecular complexity index is 755. The highest BCUT2D eigenvalue weighted by atomic mass is 28.4. The van der Waals surface area contributed by atoms with Gasteiger partial charge in [-0.3, -0.25) is 0 Å².